The van der Waals surface area contributed by atoms with Gasteiger partial charge in [-0.1, -0.05) is 48.5 Å². The standard InChI is InChI=1S/C19H15FO/c20-17-7-2-1-5-16(17)19(21)15-11-10-13-9-8-12-4-3-6-14(15)18(12)13/h1-7,10-11,19,21H,8-9H2. The molecule has 0 bridgehead atoms. The Labute approximate surface area is 122 Å². The van der Waals surface area contributed by atoms with E-state index in [4.69, 9.17) is 0 Å². The summed E-state index contributed by atoms with van der Waals surface area (Å²) >= 11 is 0. The van der Waals surface area contributed by atoms with Gasteiger partial charge in [-0.15, -0.1) is 0 Å². The maximum absolute atomic E-state index is 13.9. The fourth-order valence-corrected chi connectivity index (χ4v) is 3.37. The lowest BCUT2D eigenvalue weighted by Gasteiger charge is -2.16. The Kier molecular flexibility index (Phi) is 2.79. The first-order chi connectivity index (χ1) is 10.3. The molecular weight excluding hydrogens is 263 g/mol. The fourth-order valence-electron chi connectivity index (χ4n) is 3.37. The summed E-state index contributed by atoms with van der Waals surface area (Å²) in [5.41, 5.74) is 3.76. The minimum atomic E-state index is -0.934. The highest BCUT2D eigenvalue weighted by atomic mass is 19.1. The molecule has 0 saturated heterocycles. The van der Waals surface area contributed by atoms with Gasteiger partial charge in [-0.25, -0.2) is 4.39 Å². The molecule has 0 radical (unpaired) electrons. The van der Waals surface area contributed by atoms with Crippen molar-refractivity contribution in [2.45, 2.75) is 18.9 Å². The minimum absolute atomic E-state index is 0.330. The van der Waals surface area contributed by atoms with Crippen LogP contribution in [0.2, 0.25) is 0 Å². The van der Waals surface area contributed by atoms with Gasteiger partial charge in [-0.2, -0.15) is 0 Å². The van der Waals surface area contributed by atoms with Crippen LogP contribution in [0.15, 0.2) is 54.6 Å². The molecule has 2 heteroatoms. The molecule has 0 saturated carbocycles. The maximum atomic E-state index is 13.9. The first-order valence-corrected chi connectivity index (χ1v) is 7.21. The van der Waals surface area contributed by atoms with Crippen LogP contribution in [-0.2, 0) is 12.8 Å². The molecule has 1 N–H and O–H groups in total. The smallest absolute Gasteiger partial charge is 0.129 e. The third-order valence-electron chi connectivity index (χ3n) is 4.41. The summed E-state index contributed by atoms with van der Waals surface area (Å²) in [7, 11) is 0. The number of benzene rings is 3. The van der Waals surface area contributed by atoms with E-state index in [9.17, 15) is 9.50 Å². The van der Waals surface area contributed by atoms with Gasteiger partial charge in [0.05, 0.1) is 0 Å². The average molecular weight is 278 g/mol. The molecule has 0 heterocycles. The van der Waals surface area contributed by atoms with E-state index in [1.54, 1.807) is 18.2 Å². The van der Waals surface area contributed by atoms with Crippen molar-refractivity contribution in [2.75, 3.05) is 0 Å². The summed E-state index contributed by atoms with van der Waals surface area (Å²) in [4.78, 5) is 0. The number of hydrogen-bond donors (Lipinski definition) is 1. The fraction of sp³-hybridized carbons (Fsp3) is 0.158. The molecule has 0 spiro atoms. The van der Waals surface area contributed by atoms with Gasteiger partial charge in [0.15, 0.2) is 0 Å². The van der Waals surface area contributed by atoms with Gasteiger partial charge in [0.2, 0.25) is 0 Å². The molecule has 1 atom stereocenters. The molecule has 3 aromatic rings. The van der Waals surface area contributed by atoms with Crippen molar-refractivity contribution in [1.82, 2.24) is 0 Å². The van der Waals surface area contributed by atoms with Gasteiger partial charge in [0, 0.05) is 5.56 Å². The molecule has 1 unspecified atom stereocenters. The third kappa shape index (κ3) is 1.87. The first kappa shape index (κ1) is 12.5. The molecule has 4 rings (SSSR count). The third-order valence-corrected chi connectivity index (χ3v) is 4.41. The van der Waals surface area contributed by atoms with Crippen molar-refractivity contribution < 1.29 is 9.50 Å². The molecule has 3 aromatic carbocycles. The highest BCUT2D eigenvalue weighted by molar-refractivity contribution is 5.93. The topological polar surface area (TPSA) is 20.2 Å². The second-order valence-electron chi connectivity index (χ2n) is 5.58. The van der Waals surface area contributed by atoms with E-state index < -0.39 is 6.10 Å². The number of halogens is 1. The summed E-state index contributed by atoms with van der Waals surface area (Å²) < 4.78 is 13.9. The van der Waals surface area contributed by atoms with E-state index >= 15 is 0 Å². The normalized spacial score (nSPS) is 14.6. The average Bonchev–Trinajstić information content (AvgIpc) is 2.93. The van der Waals surface area contributed by atoms with E-state index in [1.165, 1.54) is 22.6 Å². The summed E-state index contributed by atoms with van der Waals surface area (Å²) in [6, 6.07) is 16.6. The van der Waals surface area contributed by atoms with Gasteiger partial charge in [-0.3, -0.25) is 0 Å². The van der Waals surface area contributed by atoms with Crippen LogP contribution >= 0.6 is 0 Å². The summed E-state index contributed by atoms with van der Waals surface area (Å²) in [6.07, 6.45) is 1.16. The molecule has 1 nitrogen and oxygen atoms in total. The number of aryl methyl sites for hydroxylation is 2. The zero-order valence-electron chi connectivity index (χ0n) is 11.5. The molecule has 1 aliphatic carbocycles. The maximum Gasteiger partial charge on any atom is 0.129 e. The van der Waals surface area contributed by atoms with Crippen molar-refractivity contribution in [3.8, 4) is 0 Å². The van der Waals surface area contributed by atoms with Crippen molar-refractivity contribution in [2.24, 2.45) is 0 Å². The van der Waals surface area contributed by atoms with Gasteiger partial charge >= 0.3 is 0 Å². The Balaban J connectivity index is 1.94. The predicted octanol–water partition coefficient (Wildman–Crippen LogP) is 4.16. The second kappa shape index (κ2) is 4.68. The van der Waals surface area contributed by atoms with Gasteiger partial charge in [0.25, 0.3) is 0 Å². The van der Waals surface area contributed by atoms with E-state index in [1.807, 2.05) is 18.2 Å². The molecule has 0 fully saturated rings. The van der Waals surface area contributed by atoms with Crippen molar-refractivity contribution in [3.05, 3.63) is 82.7 Å². The molecule has 0 amide bonds. The van der Waals surface area contributed by atoms with Crippen LogP contribution in [0.25, 0.3) is 10.8 Å². The zero-order chi connectivity index (χ0) is 14.4. The van der Waals surface area contributed by atoms with Gasteiger partial charge in [0.1, 0.15) is 11.9 Å². The van der Waals surface area contributed by atoms with Crippen LogP contribution < -0.4 is 0 Å². The van der Waals surface area contributed by atoms with Crippen molar-refractivity contribution in [1.29, 1.82) is 0 Å². The molecule has 1 aliphatic rings. The van der Waals surface area contributed by atoms with E-state index in [0.717, 1.165) is 23.8 Å². The highest BCUT2D eigenvalue weighted by Gasteiger charge is 2.21. The lowest BCUT2D eigenvalue weighted by molar-refractivity contribution is 0.216. The second-order valence-corrected chi connectivity index (χ2v) is 5.58. The monoisotopic (exact) mass is 278 g/mol. The predicted molar refractivity (Wildman–Crippen MR) is 81.8 cm³/mol. The summed E-state index contributed by atoms with van der Waals surface area (Å²) in [5.74, 6) is -0.367. The van der Waals surface area contributed by atoms with E-state index in [2.05, 4.69) is 12.1 Å². The van der Waals surface area contributed by atoms with Crippen LogP contribution in [-0.4, -0.2) is 5.11 Å². The van der Waals surface area contributed by atoms with Crippen LogP contribution in [0.3, 0.4) is 0 Å². The molecular formula is C19H15FO. The van der Waals surface area contributed by atoms with Crippen molar-refractivity contribution >= 4 is 10.8 Å². The number of aliphatic hydroxyl groups is 1. The highest BCUT2D eigenvalue weighted by Crippen LogP contribution is 2.36. The lowest BCUT2D eigenvalue weighted by atomic mass is 9.93. The minimum Gasteiger partial charge on any atom is -0.384 e. The van der Waals surface area contributed by atoms with Gasteiger partial charge in [-0.05, 0) is 46.4 Å². The quantitative estimate of drug-likeness (QED) is 0.746. The Morgan fingerprint density at radius 3 is 2.38 bits per heavy atom. The Morgan fingerprint density at radius 2 is 1.57 bits per heavy atom. The molecule has 21 heavy (non-hydrogen) atoms. The van der Waals surface area contributed by atoms with Crippen LogP contribution in [0.1, 0.15) is 28.4 Å². The number of rotatable bonds is 2. The number of aliphatic hydroxyl groups excluding tert-OH is 1. The van der Waals surface area contributed by atoms with Crippen LogP contribution in [0.4, 0.5) is 4.39 Å². The lowest BCUT2D eigenvalue weighted by Crippen LogP contribution is -2.03. The van der Waals surface area contributed by atoms with Crippen molar-refractivity contribution in [3.63, 3.8) is 0 Å². The zero-order valence-corrected chi connectivity index (χ0v) is 11.5. The van der Waals surface area contributed by atoms with E-state index in [0.29, 0.717) is 5.56 Å². The summed E-state index contributed by atoms with van der Waals surface area (Å²) in [5, 5.41) is 12.9. The first-order valence-electron chi connectivity index (χ1n) is 7.21. The Morgan fingerprint density at radius 1 is 0.810 bits per heavy atom. The molecule has 104 valence electrons. The molecule has 0 aromatic heterocycles. The number of hydrogen-bond acceptors (Lipinski definition) is 1. The van der Waals surface area contributed by atoms with Crippen LogP contribution in [0.5, 0.6) is 0 Å². The largest absolute Gasteiger partial charge is 0.384 e. The molecule has 0 aliphatic heterocycles. The Hall–Kier alpha value is -2.19. The summed E-state index contributed by atoms with van der Waals surface area (Å²) in [6.45, 7) is 0. The van der Waals surface area contributed by atoms with Crippen LogP contribution in [0, 0.1) is 5.82 Å². The van der Waals surface area contributed by atoms with E-state index in [-0.39, 0.29) is 5.82 Å². The Bertz CT molecular complexity index is 828. The SMILES string of the molecule is OC(c1ccccc1F)c1ccc2c3c(cccc13)CC2. The van der Waals surface area contributed by atoms with Gasteiger partial charge < -0.3 is 5.11 Å².